The Morgan fingerprint density at radius 1 is 1.14 bits per heavy atom. The van der Waals surface area contributed by atoms with Crippen LogP contribution in [0.3, 0.4) is 0 Å². The number of para-hydroxylation sites is 2. The topological polar surface area (TPSA) is 73.2 Å². The van der Waals surface area contributed by atoms with Gasteiger partial charge in [-0.05, 0) is 41.2 Å². The molecule has 1 aromatic heterocycles. The van der Waals surface area contributed by atoms with E-state index in [1.165, 1.54) is 0 Å². The van der Waals surface area contributed by atoms with Gasteiger partial charge in [0.15, 0.2) is 5.88 Å². The van der Waals surface area contributed by atoms with Crippen LogP contribution in [-0.2, 0) is 4.84 Å². The van der Waals surface area contributed by atoms with Gasteiger partial charge in [-0.3, -0.25) is 0 Å². The lowest BCUT2D eigenvalue weighted by molar-refractivity contribution is 0.115. The lowest BCUT2D eigenvalue weighted by Gasteiger charge is -2.16. The van der Waals surface area contributed by atoms with Crippen molar-refractivity contribution in [2.75, 3.05) is 26.2 Å². The maximum atomic E-state index is 10.7. The second kappa shape index (κ2) is 8.39. The Hall–Kier alpha value is -2.64. The number of aromatic nitrogens is 1. The number of likely N-dealkylation sites (N-methyl/N-ethyl adjacent to an activating group) is 1. The Balaban J connectivity index is 1.72. The summed E-state index contributed by atoms with van der Waals surface area (Å²) in [5.74, 6) is 0.0642. The largest absolute Gasteiger partial charge is 0.494 e. The van der Waals surface area contributed by atoms with E-state index in [-0.39, 0.29) is 5.88 Å². The van der Waals surface area contributed by atoms with Gasteiger partial charge in [-0.25, -0.2) is 4.99 Å². The Morgan fingerprint density at radius 3 is 2.72 bits per heavy atom. The number of H-pyrrole nitrogens is 1. The third-order valence-corrected chi connectivity index (χ3v) is 5.83. The number of hydrogen-bond donors (Lipinski definition) is 2. The molecule has 0 saturated heterocycles. The zero-order valence-electron chi connectivity index (χ0n) is 16.4. The maximum absolute atomic E-state index is 10.7. The van der Waals surface area contributed by atoms with E-state index < -0.39 is 0 Å². The first-order chi connectivity index (χ1) is 14.1. The standard InChI is InChI=1S/C22H23BrN4O2/c1-3-27(4-2)12-13-29-26-20-14-8-5-6-11-17(14)24-21(20)18-15-9-7-10-16(23)19(15)25-22(18)28/h5-11,25,28H,3-4,12-13H2,1-2H3/b26-20+. The molecule has 6 nitrogen and oxygen atoms in total. The van der Waals surface area contributed by atoms with Crippen molar-refractivity contribution in [2.24, 2.45) is 10.1 Å². The molecule has 0 saturated carbocycles. The number of nitrogens with one attached hydrogen (secondary N) is 1. The van der Waals surface area contributed by atoms with Crippen LogP contribution in [0.25, 0.3) is 10.9 Å². The van der Waals surface area contributed by atoms with E-state index in [0.717, 1.165) is 46.3 Å². The highest BCUT2D eigenvalue weighted by Gasteiger charge is 2.29. The first kappa shape index (κ1) is 19.7. The van der Waals surface area contributed by atoms with Gasteiger partial charge in [0.05, 0.1) is 16.8 Å². The lowest BCUT2D eigenvalue weighted by Crippen LogP contribution is -2.26. The van der Waals surface area contributed by atoms with Crippen LogP contribution < -0.4 is 0 Å². The van der Waals surface area contributed by atoms with Crippen molar-refractivity contribution < 1.29 is 9.94 Å². The summed E-state index contributed by atoms with van der Waals surface area (Å²) >= 11 is 3.53. The fourth-order valence-electron chi connectivity index (χ4n) is 3.57. The number of fused-ring (bicyclic) bond motifs is 2. The van der Waals surface area contributed by atoms with E-state index in [0.29, 0.717) is 23.6 Å². The van der Waals surface area contributed by atoms with Crippen LogP contribution in [0.5, 0.6) is 5.88 Å². The molecule has 0 spiro atoms. The molecule has 1 aliphatic heterocycles. The molecule has 1 aliphatic rings. The number of aromatic amines is 1. The highest BCUT2D eigenvalue weighted by Crippen LogP contribution is 2.37. The molecule has 0 atom stereocenters. The van der Waals surface area contributed by atoms with Crippen LogP contribution in [0, 0.1) is 0 Å². The van der Waals surface area contributed by atoms with E-state index in [9.17, 15) is 5.11 Å². The fourth-order valence-corrected chi connectivity index (χ4v) is 4.03. The zero-order chi connectivity index (χ0) is 20.4. The summed E-state index contributed by atoms with van der Waals surface area (Å²) in [6.07, 6.45) is 0. The summed E-state index contributed by atoms with van der Waals surface area (Å²) in [6, 6.07) is 13.6. The average molecular weight is 455 g/mol. The number of nitrogens with zero attached hydrogens (tertiary/aromatic N) is 3. The molecule has 0 fully saturated rings. The van der Waals surface area contributed by atoms with Gasteiger partial charge in [-0.1, -0.05) is 49.3 Å². The molecule has 29 heavy (non-hydrogen) atoms. The van der Waals surface area contributed by atoms with E-state index >= 15 is 0 Å². The highest BCUT2D eigenvalue weighted by atomic mass is 79.9. The van der Waals surface area contributed by atoms with Crippen molar-refractivity contribution in [3.8, 4) is 5.88 Å². The zero-order valence-corrected chi connectivity index (χ0v) is 18.0. The molecule has 7 heteroatoms. The number of rotatable bonds is 7. The van der Waals surface area contributed by atoms with Gasteiger partial charge in [0.2, 0.25) is 0 Å². The van der Waals surface area contributed by atoms with Crippen LogP contribution in [0.2, 0.25) is 0 Å². The van der Waals surface area contributed by atoms with Gasteiger partial charge >= 0.3 is 0 Å². The molecular formula is C22H23BrN4O2. The molecule has 150 valence electrons. The van der Waals surface area contributed by atoms with Crippen molar-refractivity contribution in [3.05, 3.63) is 58.1 Å². The van der Waals surface area contributed by atoms with Crippen molar-refractivity contribution >= 4 is 43.9 Å². The van der Waals surface area contributed by atoms with Gasteiger partial charge in [-0.2, -0.15) is 0 Å². The van der Waals surface area contributed by atoms with Gasteiger partial charge in [0.1, 0.15) is 18.0 Å². The van der Waals surface area contributed by atoms with Crippen molar-refractivity contribution in [1.29, 1.82) is 0 Å². The van der Waals surface area contributed by atoms with Crippen molar-refractivity contribution in [3.63, 3.8) is 0 Å². The van der Waals surface area contributed by atoms with Gasteiger partial charge in [0.25, 0.3) is 0 Å². The predicted molar refractivity (Wildman–Crippen MR) is 121 cm³/mol. The Bertz CT molecular complexity index is 1100. The summed E-state index contributed by atoms with van der Waals surface area (Å²) in [7, 11) is 0. The third kappa shape index (κ3) is 3.68. The van der Waals surface area contributed by atoms with E-state index in [4.69, 9.17) is 9.83 Å². The molecule has 0 aliphatic carbocycles. The number of aliphatic imine (C=N–C) groups is 1. The molecule has 2 heterocycles. The third-order valence-electron chi connectivity index (χ3n) is 5.16. The van der Waals surface area contributed by atoms with Gasteiger partial charge in [0, 0.05) is 22.0 Å². The molecule has 2 aromatic carbocycles. The summed E-state index contributed by atoms with van der Waals surface area (Å²) in [5, 5.41) is 16.0. The summed E-state index contributed by atoms with van der Waals surface area (Å²) < 4.78 is 0.877. The summed E-state index contributed by atoms with van der Waals surface area (Å²) in [4.78, 5) is 15.8. The smallest absolute Gasteiger partial charge is 0.199 e. The molecule has 0 amide bonds. The quantitative estimate of drug-likeness (QED) is 0.396. The molecule has 2 N–H and O–H groups in total. The molecular weight excluding hydrogens is 432 g/mol. The number of halogens is 1. The van der Waals surface area contributed by atoms with Crippen molar-refractivity contribution in [1.82, 2.24) is 9.88 Å². The predicted octanol–water partition coefficient (Wildman–Crippen LogP) is 4.83. The van der Waals surface area contributed by atoms with E-state index in [2.05, 4.69) is 44.8 Å². The van der Waals surface area contributed by atoms with Crippen molar-refractivity contribution in [2.45, 2.75) is 13.8 Å². The van der Waals surface area contributed by atoms with Crippen LogP contribution in [-0.4, -0.2) is 52.7 Å². The number of hydrogen-bond acceptors (Lipinski definition) is 5. The first-order valence-electron chi connectivity index (χ1n) is 9.74. The molecule has 4 rings (SSSR count). The lowest BCUT2D eigenvalue weighted by atomic mass is 10.0. The molecule has 3 aromatic rings. The maximum Gasteiger partial charge on any atom is 0.199 e. The second-order valence-electron chi connectivity index (χ2n) is 6.79. The van der Waals surface area contributed by atoms with Crippen LogP contribution in [0.15, 0.2) is 57.1 Å². The second-order valence-corrected chi connectivity index (χ2v) is 7.64. The molecule has 0 bridgehead atoms. The average Bonchev–Trinajstić information content (AvgIpc) is 3.26. The first-order valence-corrected chi connectivity index (χ1v) is 10.5. The van der Waals surface area contributed by atoms with Gasteiger partial charge in [-0.15, -0.1) is 0 Å². The number of benzene rings is 2. The minimum absolute atomic E-state index is 0.0642. The highest BCUT2D eigenvalue weighted by molar-refractivity contribution is 9.10. The Morgan fingerprint density at radius 2 is 1.93 bits per heavy atom. The van der Waals surface area contributed by atoms with E-state index in [1.54, 1.807) is 0 Å². The minimum Gasteiger partial charge on any atom is -0.494 e. The fraction of sp³-hybridized carbons (Fsp3) is 0.273. The summed E-state index contributed by atoms with van der Waals surface area (Å²) in [5.41, 5.74) is 4.41. The van der Waals surface area contributed by atoms with Crippen LogP contribution >= 0.6 is 15.9 Å². The Kier molecular flexibility index (Phi) is 5.69. The number of oxime groups is 1. The monoisotopic (exact) mass is 454 g/mol. The number of aromatic hydroxyl groups is 1. The normalized spacial score (nSPS) is 14.6. The minimum atomic E-state index is 0.0642. The molecule has 0 radical (unpaired) electrons. The van der Waals surface area contributed by atoms with E-state index in [1.807, 2.05) is 42.5 Å². The summed E-state index contributed by atoms with van der Waals surface area (Å²) in [6.45, 7) is 7.51. The molecule has 0 unspecified atom stereocenters. The van der Waals surface area contributed by atoms with Gasteiger partial charge < -0.3 is 19.8 Å². The van der Waals surface area contributed by atoms with Crippen LogP contribution in [0.1, 0.15) is 25.0 Å². The Labute approximate surface area is 178 Å². The SMILES string of the molecule is CCN(CC)CCO/N=C1/C(c2c(O)[nH]c3c(Br)cccc23)=Nc2ccccc21. The van der Waals surface area contributed by atoms with Crippen LogP contribution in [0.4, 0.5) is 5.69 Å².